The van der Waals surface area contributed by atoms with Crippen LogP contribution in [-0.4, -0.2) is 9.49 Å². The first-order chi connectivity index (χ1) is 7.58. The minimum atomic E-state index is -0.912. The van der Waals surface area contributed by atoms with Gasteiger partial charge < -0.3 is 0 Å². The van der Waals surface area contributed by atoms with E-state index in [1.807, 2.05) is 0 Å². The van der Waals surface area contributed by atoms with Crippen LogP contribution >= 0.6 is 23.3 Å². The zero-order valence-corrected chi connectivity index (χ0v) is 14.3. The highest BCUT2D eigenvalue weighted by atomic mass is 79.9. The molecule has 1 rings (SSSR count). The van der Waals surface area contributed by atoms with Crippen LogP contribution in [0.1, 0.15) is 47.1 Å². The van der Waals surface area contributed by atoms with E-state index >= 15 is 0 Å². The zero-order chi connectivity index (χ0) is 13.3. The highest BCUT2D eigenvalue weighted by Gasteiger charge is 2.43. The van der Waals surface area contributed by atoms with Gasteiger partial charge in [-0.25, -0.2) is 0 Å². The molecule has 0 bridgehead atoms. The summed E-state index contributed by atoms with van der Waals surface area (Å²) in [5.74, 6) is 1.14. The summed E-state index contributed by atoms with van der Waals surface area (Å²) < 4.78 is 0.585. The van der Waals surface area contributed by atoms with Gasteiger partial charge >= 0.3 is 0 Å². The van der Waals surface area contributed by atoms with Crippen molar-refractivity contribution in [3.05, 3.63) is 35.9 Å². The lowest BCUT2D eigenvalue weighted by Gasteiger charge is -2.54. The monoisotopic (exact) mass is 316 g/mol. The normalized spacial score (nSPS) is 14.8. The van der Waals surface area contributed by atoms with Crippen molar-refractivity contribution in [3.8, 4) is 0 Å². The van der Waals surface area contributed by atoms with Gasteiger partial charge in [0.15, 0.2) is 0 Å². The minimum absolute atomic E-state index is 0.293. The molecule has 0 saturated carbocycles. The second kappa shape index (κ2) is 4.97. The summed E-state index contributed by atoms with van der Waals surface area (Å²) in [7, 11) is -0.912. The molecule has 0 spiro atoms. The van der Waals surface area contributed by atoms with Gasteiger partial charge in [0.05, 0.1) is 0 Å². The van der Waals surface area contributed by atoms with E-state index in [2.05, 4.69) is 86.7 Å². The molecule has 0 aliphatic rings. The van der Waals surface area contributed by atoms with Gasteiger partial charge in [-0.05, 0) is 20.4 Å². The predicted octanol–water partition coefficient (Wildman–Crippen LogP) is 5.90. The Labute approximate surface area is 116 Å². The lowest BCUT2D eigenvalue weighted by atomic mass is 10.2. The van der Waals surface area contributed by atoms with E-state index < -0.39 is 8.46 Å². The van der Waals surface area contributed by atoms with Gasteiger partial charge in [0.25, 0.3) is 0 Å². The molecule has 1 aromatic rings. The Balaban J connectivity index is 3.11. The minimum Gasteiger partial charge on any atom is -0.169 e. The molecule has 0 radical (unpaired) electrons. The fraction of sp³-hybridized carbons (Fsp3) is 0.600. The molecular weight excluding hydrogens is 292 g/mol. The molecule has 98 valence electrons. The highest BCUT2D eigenvalue weighted by Crippen LogP contribution is 2.74. The molecule has 0 unspecified atom stereocenters. The molecule has 17 heavy (non-hydrogen) atoms. The van der Waals surface area contributed by atoms with E-state index in [9.17, 15) is 0 Å². The van der Waals surface area contributed by atoms with Crippen molar-refractivity contribution in [3.63, 3.8) is 0 Å². The van der Waals surface area contributed by atoms with Crippen molar-refractivity contribution in [1.29, 1.82) is 0 Å². The molecule has 0 nitrogen and oxygen atoms in total. The fourth-order valence-electron chi connectivity index (χ4n) is 2.16. The number of hydrogen-bond acceptors (Lipinski definition) is 0. The van der Waals surface area contributed by atoms with Crippen LogP contribution in [-0.2, 0) is 5.75 Å². The summed E-state index contributed by atoms with van der Waals surface area (Å²) in [6, 6.07) is 10.8. The summed E-state index contributed by atoms with van der Waals surface area (Å²) in [6.45, 7) is 14.1. The molecule has 0 amide bonds. The third kappa shape index (κ3) is 3.29. The quantitative estimate of drug-likeness (QED) is 0.637. The molecule has 0 aliphatic carbocycles. The van der Waals surface area contributed by atoms with Crippen LogP contribution < -0.4 is 0 Å². The van der Waals surface area contributed by atoms with Crippen molar-refractivity contribution in [1.82, 2.24) is 0 Å². The topological polar surface area (TPSA) is 0 Å². The van der Waals surface area contributed by atoms with E-state index in [-0.39, 0.29) is 0 Å². The van der Waals surface area contributed by atoms with Gasteiger partial charge in [0, 0.05) is 15.2 Å². The third-order valence-corrected chi connectivity index (χ3v) is 14.3. The Hall–Kier alpha value is 0.0500. The Morgan fingerprint density at radius 1 is 0.882 bits per heavy atom. The smallest absolute Gasteiger partial charge is 0.0125 e. The Bertz CT molecular complexity index is 343. The first-order valence-corrected chi connectivity index (χ1v) is 9.76. The summed E-state index contributed by atoms with van der Waals surface area (Å²) in [6.07, 6.45) is 0. The van der Waals surface area contributed by atoms with Gasteiger partial charge in [0.1, 0.15) is 0 Å². The Kier molecular flexibility index (Phi) is 4.42. The van der Waals surface area contributed by atoms with E-state index in [1.54, 1.807) is 0 Å². The first kappa shape index (κ1) is 15.1. The van der Waals surface area contributed by atoms with E-state index in [0.717, 1.165) is 5.75 Å². The van der Waals surface area contributed by atoms with Gasteiger partial charge in [-0.3, -0.25) is 0 Å². The van der Waals surface area contributed by atoms with Gasteiger partial charge in [0.2, 0.25) is 0 Å². The number of benzene rings is 1. The largest absolute Gasteiger partial charge is 0.169 e. The second-order valence-corrected chi connectivity index (χ2v) is 13.9. The molecule has 0 fully saturated rings. The van der Waals surface area contributed by atoms with E-state index in [0.29, 0.717) is 9.49 Å². The first-order valence-electron chi connectivity index (χ1n) is 6.12. The predicted molar refractivity (Wildman–Crippen MR) is 86.2 cm³/mol. The SMILES string of the molecule is CC(C)(C)S(Br)(Cc1ccccc1)C(C)(C)C. The molecule has 0 aromatic heterocycles. The van der Waals surface area contributed by atoms with Gasteiger partial charge in [-0.2, -0.15) is 8.46 Å². The maximum absolute atomic E-state index is 4.15. The summed E-state index contributed by atoms with van der Waals surface area (Å²) in [5.41, 5.74) is 1.43. The summed E-state index contributed by atoms with van der Waals surface area (Å²) in [5, 5.41) is 0. The summed E-state index contributed by atoms with van der Waals surface area (Å²) >= 11 is 4.15. The van der Waals surface area contributed by atoms with Crippen LogP contribution in [0.15, 0.2) is 30.3 Å². The van der Waals surface area contributed by atoms with Crippen molar-refractivity contribution in [2.45, 2.75) is 56.8 Å². The average molecular weight is 317 g/mol. The molecular formula is C15H25BrS. The van der Waals surface area contributed by atoms with E-state index in [1.165, 1.54) is 5.56 Å². The molecule has 1 aromatic carbocycles. The Morgan fingerprint density at radius 2 is 1.29 bits per heavy atom. The molecule has 0 aliphatic heterocycles. The molecule has 0 heterocycles. The van der Waals surface area contributed by atoms with Crippen LogP contribution in [0.3, 0.4) is 0 Å². The van der Waals surface area contributed by atoms with Crippen LogP contribution in [0.5, 0.6) is 0 Å². The lowest BCUT2D eigenvalue weighted by Crippen LogP contribution is -2.35. The standard InChI is InChI=1S/C15H25BrS/c1-14(2,3)17(16,15(4,5)6)12-13-10-8-7-9-11-13/h7-11H,12H2,1-6H3. The Morgan fingerprint density at radius 3 is 1.65 bits per heavy atom. The summed E-state index contributed by atoms with van der Waals surface area (Å²) in [4.78, 5) is 0. The average Bonchev–Trinajstić information content (AvgIpc) is 2.15. The highest BCUT2D eigenvalue weighted by molar-refractivity contribution is 9.58. The maximum atomic E-state index is 4.15. The van der Waals surface area contributed by atoms with Crippen molar-refractivity contribution in [2.24, 2.45) is 0 Å². The number of halogens is 1. The molecule has 2 heteroatoms. The van der Waals surface area contributed by atoms with Gasteiger partial charge in [-0.1, -0.05) is 71.9 Å². The van der Waals surface area contributed by atoms with Crippen LogP contribution in [0.2, 0.25) is 0 Å². The number of rotatable bonds is 2. The van der Waals surface area contributed by atoms with Crippen molar-refractivity contribution >= 4 is 23.3 Å². The fourth-order valence-corrected chi connectivity index (χ4v) is 6.30. The maximum Gasteiger partial charge on any atom is 0.0125 e. The van der Waals surface area contributed by atoms with Crippen LogP contribution in [0.4, 0.5) is 0 Å². The molecule has 0 N–H and O–H groups in total. The lowest BCUT2D eigenvalue weighted by molar-refractivity contribution is 0.719. The van der Waals surface area contributed by atoms with Crippen molar-refractivity contribution in [2.75, 3.05) is 0 Å². The van der Waals surface area contributed by atoms with Crippen molar-refractivity contribution < 1.29 is 0 Å². The van der Waals surface area contributed by atoms with Crippen LogP contribution in [0.25, 0.3) is 0 Å². The van der Waals surface area contributed by atoms with E-state index in [4.69, 9.17) is 0 Å². The molecule has 0 atom stereocenters. The zero-order valence-electron chi connectivity index (χ0n) is 11.9. The molecule has 0 saturated heterocycles. The number of hydrogen-bond donors (Lipinski definition) is 0. The second-order valence-electron chi connectivity index (χ2n) is 6.51. The van der Waals surface area contributed by atoms with Crippen LogP contribution in [0, 0.1) is 0 Å². The third-order valence-electron chi connectivity index (χ3n) is 3.15. The van der Waals surface area contributed by atoms with Gasteiger partial charge in [-0.15, -0.1) is 0 Å².